The minimum absolute atomic E-state index is 0.241. The number of aliphatic hydroxyl groups is 1. The molecule has 0 aromatic heterocycles. The third kappa shape index (κ3) is 7.16. The van der Waals surface area contributed by atoms with Gasteiger partial charge in [-0.1, -0.05) is 19.6 Å². The fourth-order valence-electron chi connectivity index (χ4n) is 2.37. The number of β-amino-alcohol motifs (C(OH)–C–C–N with tert-alkyl or cyclic N) is 1. The quantitative estimate of drug-likeness (QED) is 0.705. The van der Waals surface area contributed by atoms with Gasteiger partial charge in [-0.15, -0.1) is 0 Å². The van der Waals surface area contributed by atoms with Gasteiger partial charge in [-0.05, 0) is 13.2 Å². The fourth-order valence-corrected chi connectivity index (χ4v) is 4.12. The molecule has 0 saturated carbocycles. The van der Waals surface area contributed by atoms with Crippen LogP contribution in [0.5, 0.6) is 0 Å². The second-order valence-corrected chi connectivity index (χ2v) is 11.8. The first-order chi connectivity index (χ1) is 7.87. The summed E-state index contributed by atoms with van der Waals surface area (Å²) < 4.78 is 5.30. The zero-order valence-electron chi connectivity index (χ0n) is 11.8. The lowest BCUT2D eigenvalue weighted by molar-refractivity contribution is 0.00960. The maximum atomic E-state index is 10.1. The van der Waals surface area contributed by atoms with Crippen molar-refractivity contribution >= 4 is 8.07 Å². The number of hydrogen-bond donors (Lipinski definition) is 1. The van der Waals surface area contributed by atoms with Crippen molar-refractivity contribution in [3.8, 4) is 0 Å². The van der Waals surface area contributed by atoms with Gasteiger partial charge in [0.2, 0.25) is 0 Å². The van der Waals surface area contributed by atoms with E-state index in [0.29, 0.717) is 0 Å². The lowest BCUT2D eigenvalue weighted by Gasteiger charge is -2.31. The van der Waals surface area contributed by atoms with Crippen LogP contribution in [0.15, 0.2) is 0 Å². The Kier molecular flexibility index (Phi) is 6.09. The van der Waals surface area contributed by atoms with Crippen LogP contribution in [-0.4, -0.2) is 81.7 Å². The topological polar surface area (TPSA) is 35.9 Å². The van der Waals surface area contributed by atoms with Crippen LogP contribution in [0.1, 0.15) is 0 Å². The summed E-state index contributed by atoms with van der Waals surface area (Å²) in [5.74, 6) is 0. The number of morpholine rings is 1. The molecule has 1 heterocycles. The van der Waals surface area contributed by atoms with Crippen molar-refractivity contribution in [1.29, 1.82) is 0 Å². The first-order valence-electron chi connectivity index (χ1n) is 6.53. The van der Waals surface area contributed by atoms with E-state index in [2.05, 4.69) is 36.5 Å². The maximum Gasteiger partial charge on any atom is 0.0793 e. The van der Waals surface area contributed by atoms with Crippen molar-refractivity contribution < 1.29 is 9.84 Å². The number of rotatable bonds is 6. The maximum absolute atomic E-state index is 10.1. The van der Waals surface area contributed by atoms with Gasteiger partial charge in [-0.3, -0.25) is 4.90 Å². The van der Waals surface area contributed by atoms with Gasteiger partial charge >= 0.3 is 0 Å². The molecule has 102 valence electrons. The van der Waals surface area contributed by atoms with E-state index in [1.807, 2.05) is 0 Å². The highest BCUT2D eigenvalue weighted by molar-refractivity contribution is 6.76. The minimum atomic E-state index is -1.06. The van der Waals surface area contributed by atoms with Gasteiger partial charge in [0.25, 0.3) is 0 Å². The summed E-state index contributed by atoms with van der Waals surface area (Å²) in [5, 5.41) is 10.1. The van der Waals surface area contributed by atoms with Gasteiger partial charge in [-0.2, -0.15) is 0 Å². The molecule has 0 radical (unpaired) electrons. The van der Waals surface area contributed by atoms with Gasteiger partial charge in [0.05, 0.1) is 27.4 Å². The molecule has 0 aliphatic carbocycles. The monoisotopic (exact) mass is 260 g/mol. The van der Waals surface area contributed by atoms with Crippen LogP contribution in [0.4, 0.5) is 0 Å². The minimum Gasteiger partial charge on any atom is -0.390 e. The van der Waals surface area contributed by atoms with Crippen LogP contribution in [0.3, 0.4) is 0 Å². The Labute approximate surface area is 107 Å². The highest BCUT2D eigenvalue weighted by Gasteiger charge is 2.20. The molecule has 1 atom stereocenters. The molecular formula is C12H28N2O2Si. The number of ether oxygens (including phenoxy) is 1. The van der Waals surface area contributed by atoms with Gasteiger partial charge < -0.3 is 14.7 Å². The highest BCUT2D eigenvalue weighted by atomic mass is 28.3. The largest absolute Gasteiger partial charge is 0.390 e. The van der Waals surface area contributed by atoms with E-state index in [4.69, 9.17) is 4.74 Å². The Morgan fingerprint density at radius 3 is 2.41 bits per heavy atom. The molecule has 17 heavy (non-hydrogen) atoms. The molecular weight excluding hydrogens is 232 g/mol. The van der Waals surface area contributed by atoms with Crippen LogP contribution in [0.2, 0.25) is 19.6 Å². The molecule has 0 bridgehead atoms. The zero-order chi connectivity index (χ0) is 12.9. The van der Waals surface area contributed by atoms with Crippen LogP contribution >= 0.6 is 0 Å². The van der Waals surface area contributed by atoms with Crippen LogP contribution in [-0.2, 0) is 4.74 Å². The van der Waals surface area contributed by atoms with Crippen molar-refractivity contribution in [2.24, 2.45) is 0 Å². The van der Waals surface area contributed by atoms with E-state index >= 15 is 0 Å². The predicted molar refractivity (Wildman–Crippen MR) is 74.1 cm³/mol. The summed E-state index contributed by atoms with van der Waals surface area (Å²) in [6.07, 6.45) is 0.905. The first kappa shape index (κ1) is 15.1. The van der Waals surface area contributed by atoms with Gasteiger partial charge in [0, 0.05) is 26.2 Å². The summed E-state index contributed by atoms with van der Waals surface area (Å²) >= 11 is 0. The van der Waals surface area contributed by atoms with Gasteiger partial charge in [0.1, 0.15) is 0 Å². The van der Waals surface area contributed by atoms with Crippen LogP contribution < -0.4 is 0 Å². The average molecular weight is 260 g/mol. The molecule has 1 unspecified atom stereocenters. The fraction of sp³-hybridized carbons (Fsp3) is 1.00. The molecule has 0 aromatic rings. The van der Waals surface area contributed by atoms with Gasteiger partial charge in [0.15, 0.2) is 0 Å². The molecule has 1 saturated heterocycles. The SMILES string of the molecule is CN(CC(O)CN1CCOCC1)C[Si](C)(C)C. The summed E-state index contributed by atoms with van der Waals surface area (Å²) in [6.45, 7) is 12.1. The average Bonchev–Trinajstić information content (AvgIpc) is 2.15. The summed E-state index contributed by atoms with van der Waals surface area (Å²) in [7, 11) is 1.05. The molecule has 4 nitrogen and oxygen atoms in total. The Morgan fingerprint density at radius 2 is 1.88 bits per heavy atom. The van der Waals surface area contributed by atoms with Gasteiger partial charge in [-0.25, -0.2) is 0 Å². The molecule has 0 spiro atoms. The van der Waals surface area contributed by atoms with Crippen molar-refractivity contribution in [3.05, 3.63) is 0 Å². The lowest BCUT2D eigenvalue weighted by Crippen LogP contribution is -2.46. The molecule has 1 aliphatic heterocycles. The third-order valence-corrected chi connectivity index (χ3v) is 4.33. The number of nitrogens with zero attached hydrogens (tertiary/aromatic N) is 2. The molecule has 1 fully saturated rings. The van der Waals surface area contributed by atoms with Crippen molar-refractivity contribution in [3.63, 3.8) is 0 Å². The Morgan fingerprint density at radius 1 is 1.29 bits per heavy atom. The van der Waals surface area contributed by atoms with Crippen molar-refractivity contribution in [2.45, 2.75) is 25.7 Å². The summed E-state index contributed by atoms with van der Waals surface area (Å²) in [4.78, 5) is 4.56. The molecule has 1 N–H and O–H groups in total. The molecule has 0 aromatic carbocycles. The Balaban J connectivity index is 2.21. The molecule has 1 aliphatic rings. The molecule has 5 heteroatoms. The highest BCUT2D eigenvalue weighted by Crippen LogP contribution is 2.04. The summed E-state index contributed by atoms with van der Waals surface area (Å²) in [5.41, 5.74) is 0. The smallest absolute Gasteiger partial charge is 0.0793 e. The molecule has 1 rings (SSSR count). The number of hydrogen-bond acceptors (Lipinski definition) is 4. The van der Waals surface area contributed by atoms with Crippen LogP contribution in [0, 0.1) is 0 Å². The van der Waals surface area contributed by atoms with Crippen molar-refractivity contribution in [1.82, 2.24) is 9.80 Å². The standard InChI is InChI=1S/C12H28N2O2Si/c1-13(11-17(2,3)4)9-12(15)10-14-5-7-16-8-6-14/h12,15H,5-11H2,1-4H3. The zero-order valence-corrected chi connectivity index (χ0v) is 12.8. The van der Waals surface area contributed by atoms with Crippen LogP contribution in [0.25, 0.3) is 0 Å². The second-order valence-electron chi connectivity index (χ2n) is 6.32. The van der Waals surface area contributed by atoms with Crippen molar-refractivity contribution in [2.75, 3.05) is 52.6 Å². The second kappa shape index (κ2) is 6.85. The number of aliphatic hydroxyl groups excluding tert-OH is 1. The van der Waals surface area contributed by atoms with E-state index in [9.17, 15) is 5.11 Å². The van der Waals surface area contributed by atoms with E-state index in [1.165, 1.54) is 0 Å². The Hall–Kier alpha value is 0.0569. The first-order valence-corrected chi connectivity index (χ1v) is 10.2. The third-order valence-electron chi connectivity index (χ3n) is 2.84. The molecule has 0 amide bonds. The van der Waals surface area contributed by atoms with E-state index in [0.717, 1.165) is 45.6 Å². The lowest BCUT2D eigenvalue weighted by atomic mass is 10.3. The van der Waals surface area contributed by atoms with E-state index in [1.54, 1.807) is 0 Å². The Bertz CT molecular complexity index is 215. The number of likely N-dealkylation sites (N-methyl/N-ethyl adjacent to an activating group) is 1. The normalized spacial score (nSPS) is 20.8. The summed E-state index contributed by atoms with van der Waals surface area (Å²) in [6, 6.07) is 0. The predicted octanol–water partition coefficient (Wildman–Crippen LogP) is 0.489. The van der Waals surface area contributed by atoms with E-state index in [-0.39, 0.29) is 6.10 Å². The van der Waals surface area contributed by atoms with E-state index < -0.39 is 8.07 Å².